The highest BCUT2D eigenvalue weighted by atomic mass is 16.6. The Kier molecular flexibility index (Phi) is 3.73. The molecule has 0 atom stereocenters. The SMILES string of the molecule is CC1=C(C(=O)NCc2cnc3ccccc3c2)OCCO1. The van der Waals surface area contributed by atoms with Gasteiger partial charge in [-0.15, -0.1) is 0 Å². The molecule has 1 aromatic heterocycles. The quantitative estimate of drug-likeness (QED) is 0.938. The number of nitrogens with zero attached hydrogens (tertiary/aromatic N) is 1. The Hall–Kier alpha value is -2.56. The fraction of sp³-hybridized carbons (Fsp3) is 0.250. The molecule has 0 radical (unpaired) electrons. The molecule has 21 heavy (non-hydrogen) atoms. The number of ether oxygens (including phenoxy) is 2. The maximum absolute atomic E-state index is 12.1. The number of benzene rings is 1. The van der Waals surface area contributed by atoms with Crippen molar-refractivity contribution in [1.82, 2.24) is 10.3 Å². The number of fused-ring (bicyclic) bond motifs is 1. The summed E-state index contributed by atoms with van der Waals surface area (Å²) in [6.45, 7) is 3.01. The summed E-state index contributed by atoms with van der Waals surface area (Å²) in [5.41, 5.74) is 1.88. The van der Waals surface area contributed by atoms with Crippen LogP contribution in [0.25, 0.3) is 10.9 Å². The van der Waals surface area contributed by atoms with Crippen LogP contribution in [-0.4, -0.2) is 24.1 Å². The van der Waals surface area contributed by atoms with E-state index in [0.29, 0.717) is 25.5 Å². The van der Waals surface area contributed by atoms with E-state index in [0.717, 1.165) is 16.5 Å². The van der Waals surface area contributed by atoms with E-state index in [2.05, 4.69) is 10.3 Å². The van der Waals surface area contributed by atoms with Gasteiger partial charge >= 0.3 is 0 Å². The first kappa shape index (κ1) is 13.4. The summed E-state index contributed by atoms with van der Waals surface area (Å²) in [6.07, 6.45) is 1.77. The highest BCUT2D eigenvalue weighted by Crippen LogP contribution is 2.14. The number of carbonyl (C=O) groups excluding carboxylic acids is 1. The third kappa shape index (κ3) is 2.97. The van der Waals surface area contributed by atoms with Gasteiger partial charge in [0.1, 0.15) is 19.0 Å². The van der Waals surface area contributed by atoms with Crippen molar-refractivity contribution in [2.75, 3.05) is 13.2 Å². The molecule has 5 nitrogen and oxygen atoms in total. The van der Waals surface area contributed by atoms with Crippen molar-refractivity contribution in [3.05, 3.63) is 53.6 Å². The first-order chi connectivity index (χ1) is 10.2. The molecule has 0 saturated carbocycles. The molecule has 1 aliphatic rings. The van der Waals surface area contributed by atoms with Crippen molar-refractivity contribution in [2.24, 2.45) is 0 Å². The number of hydrogen-bond donors (Lipinski definition) is 1. The van der Waals surface area contributed by atoms with E-state index in [-0.39, 0.29) is 11.7 Å². The lowest BCUT2D eigenvalue weighted by Gasteiger charge is -2.19. The summed E-state index contributed by atoms with van der Waals surface area (Å²) < 4.78 is 10.6. The van der Waals surface area contributed by atoms with Gasteiger partial charge in [0.25, 0.3) is 5.91 Å². The van der Waals surface area contributed by atoms with Crippen molar-refractivity contribution in [1.29, 1.82) is 0 Å². The summed E-state index contributed by atoms with van der Waals surface area (Å²) in [4.78, 5) is 16.4. The minimum atomic E-state index is -0.264. The number of aromatic nitrogens is 1. The molecule has 1 amide bonds. The van der Waals surface area contributed by atoms with Crippen LogP contribution >= 0.6 is 0 Å². The highest BCUT2D eigenvalue weighted by molar-refractivity contribution is 5.92. The molecular weight excluding hydrogens is 268 g/mol. The number of rotatable bonds is 3. The van der Waals surface area contributed by atoms with E-state index >= 15 is 0 Å². The van der Waals surface area contributed by atoms with Gasteiger partial charge in [0.15, 0.2) is 0 Å². The largest absolute Gasteiger partial charge is 0.491 e. The maximum Gasteiger partial charge on any atom is 0.290 e. The predicted octanol–water partition coefficient (Wildman–Crippen LogP) is 2.13. The number of hydrogen-bond acceptors (Lipinski definition) is 4. The zero-order chi connectivity index (χ0) is 14.7. The van der Waals surface area contributed by atoms with E-state index < -0.39 is 0 Å². The lowest BCUT2D eigenvalue weighted by molar-refractivity contribution is -0.122. The normalized spacial score (nSPS) is 14.5. The molecule has 2 aromatic rings. The van der Waals surface area contributed by atoms with Gasteiger partial charge in [0.2, 0.25) is 5.76 Å². The van der Waals surface area contributed by atoms with Crippen LogP contribution in [0.2, 0.25) is 0 Å². The number of nitrogens with one attached hydrogen (secondary N) is 1. The molecule has 3 rings (SSSR count). The topological polar surface area (TPSA) is 60.5 Å². The van der Waals surface area contributed by atoms with Crippen molar-refractivity contribution >= 4 is 16.8 Å². The molecule has 1 N–H and O–H groups in total. The molecule has 2 heterocycles. The maximum atomic E-state index is 12.1. The number of allylic oxidation sites excluding steroid dienone is 1. The van der Waals surface area contributed by atoms with Crippen LogP contribution in [0.5, 0.6) is 0 Å². The van der Waals surface area contributed by atoms with Gasteiger partial charge in [0, 0.05) is 18.1 Å². The Balaban J connectivity index is 1.70. The number of amides is 1. The second-order valence-electron chi connectivity index (χ2n) is 4.80. The van der Waals surface area contributed by atoms with Gasteiger partial charge in [-0.05, 0) is 24.6 Å². The first-order valence-electron chi connectivity index (χ1n) is 6.82. The van der Waals surface area contributed by atoms with Crippen LogP contribution in [0.3, 0.4) is 0 Å². The molecule has 5 heteroatoms. The molecular formula is C16H16N2O3. The van der Waals surface area contributed by atoms with Crippen LogP contribution in [0.15, 0.2) is 48.0 Å². The lowest BCUT2D eigenvalue weighted by atomic mass is 10.1. The number of para-hydroxylation sites is 1. The van der Waals surface area contributed by atoms with E-state index in [1.807, 2.05) is 30.3 Å². The molecule has 1 aromatic carbocycles. The average molecular weight is 284 g/mol. The van der Waals surface area contributed by atoms with Crippen molar-refractivity contribution in [3.8, 4) is 0 Å². The fourth-order valence-electron chi connectivity index (χ4n) is 2.21. The molecule has 0 unspecified atom stereocenters. The molecule has 108 valence electrons. The van der Waals surface area contributed by atoms with Crippen LogP contribution in [0.1, 0.15) is 12.5 Å². The fourth-order valence-corrected chi connectivity index (χ4v) is 2.21. The Labute approximate surface area is 122 Å². The van der Waals surface area contributed by atoms with Crippen molar-refractivity contribution in [2.45, 2.75) is 13.5 Å². The van der Waals surface area contributed by atoms with E-state index in [4.69, 9.17) is 9.47 Å². The summed E-state index contributed by atoms with van der Waals surface area (Å²) in [5, 5.41) is 3.87. The van der Waals surface area contributed by atoms with Crippen LogP contribution in [0, 0.1) is 0 Å². The minimum Gasteiger partial charge on any atom is -0.491 e. The Morgan fingerprint density at radius 1 is 1.29 bits per heavy atom. The zero-order valence-electron chi connectivity index (χ0n) is 11.8. The Bertz CT molecular complexity index is 709. The Morgan fingerprint density at radius 3 is 2.95 bits per heavy atom. The highest BCUT2D eigenvalue weighted by Gasteiger charge is 2.19. The minimum absolute atomic E-state index is 0.259. The molecule has 0 aliphatic carbocycles. The standard InChI is InChI=1S/C16H16N2O3/c1-11-15(21-7-6-20-11)16(19)18-10-12-8-13-4-2-3-5-14(13)17-9-12/h2-5,8-9H,6-7,10H2,1H3,(H,18,19). The second kappa shape index (κ2) is 5.83. The third-order valence-electron chi connectivity index (χ3n) is 3.27. The van der Waals surface area contributed by atoms with Gasteiger partial charge < -0.3 is 14.8 Å². The van der Waals surface area contributed by atoms with E-state index in [9.17, 15) is 4.79 Å². The number of pyridine rings is 1. The van der Waals surface area contributed by atoms with Gasteiger partial charge in [-0.3, -0.25) is 9.78 Å². The first-order valence-corrected chi connectivity index (χ1v) is 6.82. The third-order valence-corrected chi connectivity index (χ3v) is 3.27. The molecule has 1 aliphatic heterocycles. The summed E-state index contributed by atoms with van der Waals surface area (Å²) >= 11 is 0. The van der Waals surface area contributed by atoms with Gasteiger partial charge in [-0.1, -0.05) is 18.2 Å². The molecule has 0 saturated heterocycles. The van der Waals surface area contributed by atoms with E-state index in [1.54, 1.807) is 13.1 Å². The van der Waals surface area contributed by atoms with Gasteiger partial charge in [0.05, 0.1) is 5.52 Å². The summed E-state index contributed by atoms with van der Waals surface area (Å²) in [6, 6.07) is 9.89. The van der Waals surface area contributed by atoms with Crippen molar-refractivity contribution in [3.63, 3.8) is 0 Å². The lowest BCUT2D eigenvalue weighted by Crippen LogP contribution is -2.29. The number of carbonyl (C=O) groups is 1. The predicted molar refractivity (Wildman–Crippen MR) is 78.2 cm³/mol. The van der Waals surface area contributed by atoms with Crippen LogP contribution < -0.4 is 5.32 Å². The average Bonchev–Trinajstić information content (AvgIpc) is 2.53. The molecule has 0 spiro atoms. The monoisotopic (exact) mass is 284 g/mol. The summed E-state index contributed by atoms with van der Waals surface area (Å²) in [7, 11) is 0. The second-order valence-corrected chi connectivity index (χ2v) is 4.80. The van der Waals surface area contributed by atoms with Crippen LogP contribution in [0.4, 0.5) is 0 Å². The zero-order valence-corrected chi connectivity index (χ0v) is 11.8. The van der Waals surface area contributed by atoms with Crippen LogP contribution in [-0.2, 0) is 20.8 Å². The Morgan fingerprint density at radius 2 is 2.10 bits per heavy atom. The molecule has 0 fully saturated rings. The van der Waals surface area contributed by atoms with Gasteiger partial charge in [-0.25, -0.2) is 0 Å². The van der Waals surface area contributed by atoms with E-state index in [1.165, 1.54) is 0 Å². The van der Waals surface area contributed by atoms with Gasteiger partial charge in [-0.2, -0.15) is 0 Å². The molecule has 0 bridgehead atoms. The summed E-state index contributed by atoms with van der Waals surface area (Å²) in [5.74, 6) is 0.519. The van der Waals surface area contributed by atoms with Crippen molar-refractivity contribution < 1.29 is 14.3 Å². The smallest absolute Gasteiger partial charge is 0.290 e.